The molecule has 0 saturated carbocycles. The summed E-state index contributed by atoms with van der Waals surface area (Å²) in [4.78, 5) is 26.1. The van der Waals surface area contributed by atoms with E-state index in [1.807, 2.05) is 0 Å². The molecule has 1 fully saturated rings. The second-order valence-corrected chi connectivity index (χ2v) is 3.57. The summed E-state index contributed by atoms with van der Waals surface area (Å²) in [5.74, 6) is -0.132. The Bertz CT molecular complexity index is 414. The van der Waals surface area contributed by atoms with Crippen molar-refractivity contribution in [2.24, 2.45) is 0 Å². The molecule has 1 aliphatic rings. The van der Waals surface area contributed by atoms with E-state index >= 15 is 0 Å². The van der Waals surface area contributed by atoms with Gasteiger partial charge in [0.05, 0.1) is 6.04 Å². The molecule has 0 aromatic carbocycles. The molecule has 8 heteroatoms. The molecule has 16 heavy (non-hydrogen) atoms. The zero-order valence-corrected chi connectivity index (χ0v) is 8.51. The zero-order chi connectivity index (χ0) is 11.5. The number of hydrogen-bond donors (Lipinski definition) is 3. The largest absolute Gasteiger partial charge is 0.367 e. The summed E-state index contributed by atoms with van der Waals surface area (Å²) in [6.45, 7) is 0.527. The number of nitrogens with zero attached hydrogens (tertiary/aromatic N) is 3. The number of rotatable bonds is 3. The van der Waals surface area contributed by atoms with E-state index in [1.165, 1.54) is 11.0 Å². The van der Waals surface area contributed by atoms with Crippen LogP contribution in [0.4, 0.5) is 5.95 Å². The highest BCUT2D eigenvalue weighted by atomic mass is 16.2. The molecule has 0 bridgehead atoms. The lowest BCUT2D eigenvalue weighted by Gasteiger charge is -2.09. The van der Waals surface area contributed by atoms with Crippen molar-refractivity contribution in [1.82, 2.24) is 25.4 Å². The number of aromatic nitrogens is 3. The minimum absolute atomic E-state index is 0.0460. The number of nitrogens with one attached hydrogen (secondary N) is 2. The van der Waals surface area contributed by atoms with Gasteiger partial charge in [0.2, 0.25) is 17.8 Å². The third-order valence-electron chi connectivity index (χ3n) is 2.20. The zero-order valence-electron chi connectivity index (χ0n) is 8.51. The molecule has 1 saturated heterocycles. The Hall–Kier alpha value is -2.12. The molecule has 1 atom stereocenters. The minimum atomic E-state index is -0.216. The number of hydrogen-bond acceptors (Lipinski definition) is 5. The third kappa shape index (κ3) is 2.47. The summed E-state index contributed by atoms with van der Waals surface area (Å²) in [6, 6.07) is -0.138. The summed E-state index contributed by atoms with van der Waals surface area (Å²) in [5, 5.41) is 9.13. The molecule has 1 aromatic rings. The average molecular weight is 224 g/mol. The minimum Gasteiger partial charge on any atom is -0.367 e. The quantitative estimate of drug-likeness (QED) is 0.542. The lowest BCUT2D eigenvalue weighted by molar-refractivity contribution is -0.122. The molecule has 1 unspecified atom stereocenters. The maximum absolute atomic E-state index is 11.5. The van der Waals surface area contributed by atoms with E-state index in [4.69, 9.17) is 5.73 Å². The van der Waals surface area contributed by atoms with Gasteiger partial charge in [0.1, 0.15) is 12.9 Å². The Morgan fingerprint density at radius 3 is 3.12 bits per heavy atom. The van der Waals surface area contributed by atoms with Crippen LogP contribution < -0.4 is 16.4 Å². The normalized spacial score (nSPS) is 19.5. The van der Waals surface area contributed by atoms with Crippen LogP contribution in [0.2, 0.25) is 0 Å². The van der Waals surface area contributed by atoms with E-state index in [-0.39, 0.29) is 30.3 Å². The molecule has 0 aliphatic carbocycles. The molecule has 2 rings (SSSR count). The van der Waals surface area contributed by atoms with Crippen LogP contribution in [0.5, 0.6) is 0 Å². The SMILES string of the molecule is Nc1ncn(CC(=O)NC2CNC(=O)C2)n1. The van der Waals surface area contributed by atoms with Gasteiger partial charge in [-0.15, -0.1) is 5.10 Å². The van der Waals surface area contributed by atoms with Gasteiger partial charge < -0.3 is 16.4 Å². The van der Waals surface area contributed by atoms with Crippen molar-refractivity contribution in [3.8, 4) is 0 Å². The van der Waals surface area contributed by atoms with E-state index in [2.05, 4.69) is 20.7 Å². The van der Waals surface area contributed by atoms with Crippen molar-refractivity contribution in [3.05, 3.63) is 6.33 Å². The maximum Gasteiger partial charge on any atom is 0.242 e. The van der Waals surface area contributed by atoms with Gasteiger partial charge in [-0.1, -0.05) is 0 Å². The molecule has 4 N–H and O–H groups in total. The van der Waals surface area contributed by atoms with Crippen LogP contribution in [-0.2, 0) is 16.1 Å². The number of amides is 2. The first kappa shape index (κ1) is 10.4. The molecule has 0 spiro atoms. The first-order chi connectivity index (χ1) is 7.63. The predicted octanol–water partition coefficient (Wildman–Crippen LogP) is -2.13. The molecule has 2 heterocycles. The monoisotopic (exact) mass is 224 g/mol. The van der Waals surface area contributed by atoms with Crippen LogP contribution in [0.1, 0.15) is 6.42 Å². The van der Waals surface area contributed by atoms with Gasteiger partial charge in [0, 0.05) is 13.0 Å². The van der Waals surface area contributed by atoms with Gasteiger partial charge in [-0.05, 0) is 0 Å². The van der Waals surface area contributed by atoms with Gasteiger partial charge in [-0.2, -0.15) is 0 Å². The number of carbonyl (C=O) groups excluding carboxylic acids is 2. The summed E-state index contributed by atoms with van der Waals surface area (Å²) in [7, 11) is 0. The van der Waals surface area contributed by atoms with Crippen LogP contribution >= 0.6 is 0 Å². The van der Waals surface area contributed by atoms with Gasteiger partial charge in [-0.3, -0.25) is 9.59 Å². The molecule has 1 aromatic heterocycles. The van der Waals surface area contributed by atoms with Gasteiger partial charge >= 0.3 is 0 Å². The number of nitrogens with two attached hydrogens (primary N) is 1. The van der Waals surface area contributed by atoms with Crippen molar-refractivity contribution in [1.29, 1.82) is 0 Å². The summed E-state index contributed by atoms with van der Waals surface area (Å²) >= 11 is 0. The van der Waals surface area contributed by atoms with E-state index in [0.717, 1.165) is 0 Å². The van der Waals surface area contributed by atoms with Crippen LogP contribution in [-0.4, -0.2) is 39.2 Å². The molecular weight excluding hydrogens is 212 g/mol. The van der Waals surface area contributed by atoms with Crippen molar-refractivity contribution >= 4 is 17.8 Å². The number of carbonyl (C=O) groups is 2. The van der Waals surface area contributed by atoms with Crippen LogP contribution in [0, 0.1) is 0 Å². The van der Waals surface area contributed by atoms with Crippen molar-refractivity contribution in [2.45, 2.75) is 19.0 Å². The summed E-state index contributed by atoms with van der Waals surface area (Å²) in [5.41, 5.74) is 5.31. The fourth-order valence-electron chi connectivity index (χ4n) is 1.51. The van der Waals surface area contributed by atoms with Gasteiger partial charge in [0.25, 0.3) is 0 Å². The van der Waals surface area contributed by atoms with Crippen LogP contribution in [0.15, 0.2) is 6.33 Å². The molecule has 1 aliphatic heterocycles. The molecule has 86 valence electrons. The fraction of sp³-hybridized carbons (Fsp3) is 0.500. The number of anilines is 1. The van der Waals surface area contributed by atoms with E-state index in [9.17, 15) is 9.59 Å². The third-order valence-corrected chi connectivity index (χ3v) is 2.20. The van der Waals surface area contributed by atoms with Crippen molar-refractivity contribution in [2.75, 3.05) is 12.3 Å². The van der Waals surface area contributed by atoms with E-state index < -0.39 is 0 Å². The highest BCUT2D eigenvalue weighted by molar-refractivity contribution is 5.81. The topological polar surface area (TPSA) is 115 Å². The molecule has 8 nitrogen and oxygen atoms in total. The highest BCUT2D eigenvalue weighted by Crippen LogP contribution is 1.99. The second kappa shape index (κ2) is 4.17. The average Bonchev–Trinajstić information content (AvgIpc) is 2.76. The molecule has 2 amide bonds. The van der Waals surface area contributed by atoms with Crippen molar-refractivity contribution in [3.63, 3.8) is 0 Å². The van der Waals surface area contributed by atoms with Crippen LogP contribution in [0.25, 0.3) is 0 Å². The van der Waals surface area contributed by atoms with E-state index in [0.29, 0.717) is 13.0 Å². The maximum atomic E-state index is 11.5. The highest BCUT2D eigenvalue weighted by Gasteiger charge is 2.22. The Morgan fingerprint density at radius 1 is 1.75 bits per heavy atom. The standard InChI is InChI=1S/C8H12N6O2/c9-8-11-4-14(13-8)3-7(16)12-5-1-6(15)10-2-5/h4-5H,1-3H2,(H2,9,13)(H,10,15)(H,12,16). The van der Waals surface area contributed by atoms with Gasteiger partial charge in [-0.25, -0.2) is 9.67 Å². The first-order valence-electron chi connectivity index (χ1n) is 4.84. The van der Waals surface area contributed by atoms with Gasteiger partial charge in [0.15, 0.2) is 0 Å². The lowest BCUT2D eigenvalue weighted by atomic mass is 10.2. The Kier molecular flexibility index (Phi) is 2.71. The first-order valence-corrected chi connectivity index (χ1v) is 4.84. The Morgan fingerprint density at radius 2 is 2.56 bits per heavy atom. The molecule has 0 radical (unpaired) electrons. The predicted molar refractivity (Wildman–Crippen MR) is 54.0 cm³/mol. The lowest BCUT2D eigenvalue weighted by Crippen LogP contribution is -2.38. The second-order valence-electron chi connectivity index (χ2n) is 3.57. The van der Waals surface area contributed by atoms with Crippen molar-refractivity contribution < 1.29 is 9.59 Å². The summed E-state index contributed by atoms with van der Waals surface area (Å²) in [6.07, 6.45) is 1.71. The summed E-state index contributed by atoms with van der Waals surface area (Å²) < 4.78 is 1.34. The Labute approximate surface area is 91.2 Å². The van der Waals surface area contributed by atoms with Crippen LogP contribution in [0.3, 0.4) is 0 Å². The molecular formula is C8H12N6O2. The fourth-order valence-corrected chi connectivity index (χ4v) is 1.51. The Balaban J connectivity index is 1.82. The smallest absolute Gasteiger partial charge is 0.242 e. The van der Waals surface area contributed by atoms with E-state index in [1.54, 1.807) is 0 Å². The number of nitrogen functional groups attached to an aromatic ring is 1.